The van der Waals surface area contributed by atoms with Crippen molar-refractivity contribution in [3.8, 4) is 0 Å². The van der Waals surface area contributed by atoms with E-state index < -0.39 is 5.97 Å². The Balaban J connectivity index is 2.80. The van der Waals surface area contributed by atoms with Gasteiger partial charge in [0.25, 0.3) is 0 Å². The summed E-state index contributed by atoms with van der Waals surface area (Å²) in [6.45, 7) is 1.95. The molecule has 0 aliphatic carbocycles. The smallest absolute Gasteiger partial charge is 0.330 e. The minimum atomic E-state index is -0.564. The van der Waals surface area contributed by atoms with E-state index in [1.54, 1.807) is 13.0 Å². The molecule has 0 aromatic heterocycles. The number of benzene rings is 1. The average Bonchev–Trinajstić information content (AvgIpc) is 2.26. The average molecular weight is 273 g/mol. The topological polar surface area (TPSA) is 43.4 Å². The van der Waals surface area contributed by atoms with Crippen LogP contribution in [0.2, 0.25) is 10.0 Å². The van der Waals surface area contributed by atoms with Crippen molar-refractivity contribution in [1.29, 1.82) is 0 Å². The fourth-order valence-corrected chi connectivity index (χ4v) is 1.61. The van der Waals surface area contributed by atoms with Crippen molar-refractivity contribution in [2.75, 3.05) is 6.61 Å². The Morgan fingerprint density at radius 1 is 1.29 bits per heavy atom. The second-order valence-electron chi connectivity index (χ2n) is 3.07. The summed E-state index contributed by atoms with van der Waals surface area (Å²) in [6.07, 6.45) is 2.18. The zero-order chi connectivity index (χ0) is 12.8. The Labute approximate surface area is 109 Å². The van der Waals surface area contributed by atoms with Crippen molar-refractivity contribution in [1.82, 2.24) is 0 Å². The summed E-state index contributed by atoms with van der Waals surface area (Å²) >= 11 is 11.5. The number of rotatable bonds is 4. The van der Waals surface area contributed by atoms with Gasteiger partial charge >= 0.3 is 5.97 Å². The molecule has 0 saturated heterocycles. The molecule has 0 spiro atoms. The highest BCUT2D eigenvalue weighted by atomic mass is 35.5. The van der Waals surface area contributed by atoms with Gasteiger partial charge in [-0.15, -0.1) is 0 Å². The van der Waals surface area contributed by atoms with Gasteiger partial charge in [-0.3, -0.25) is 4.79 Å². The molecule has 90 valence electrons. The summed E-state index contributed by atoms with van der Waals surface area (Å²) in [7, 11) is 0. The molecule has 0 bridgehead atoms. The van der Waals surface area contributed by atoms with Crippen LogP contribution in [0.1, 0.15) is 17.3 Å². The normalized spacial score (nSPS) is 10.5. The van der Waals surface area contributed by atoms with E-state index >= 15 is 0 Å². The summed E-state index contributed by atoms with van der Waals surface area (Å²) in [4.78, 5) is 22.7. The summed E-state index contributed by atoms with van der Waals surface area (Å²) in [6, 6.07) is 4.52. The van der Waals surface area contributed by atoms with Crippen LogP contribution in [0.4, 0.5) is 0 Å². The summed E-state index contributed by atoms with van der Waals surface area (Å²) in [5.74, 6) is -0.939. The molecule has 0 amide bonds. The van der Waals surface area contributed by atoms with E-state index in [1.165, 1.54) is 12.1 Å². The van der Waals surface area contributed by atoms with Crippen molar-refractivity contribution in [3.63, 3.8) is 0 Å². The van der Waals surface area contributed by atoms with Gasteiger partial charge in [-0.2, -0.15) is 0 Å². The molecule has 0 radical (unpaired) electrons. The lowest BCUT2D eigenvalue weighted by molar-refractivity contribution is -0.137. The van der Waals surface area contributed by atoms with Gasteiger partial charge in [0.15, 0.2) is 5.78 Å². The lowest BCUT2D eigenvalue weighted by Gasteiger charge is -2.00. The highest BCUT2D eigenvalue weighted by Gasteiger charge is 2.08. The number of ketones is 1. The van der Waals surface area contributed by atoms with Crippen molar-refractivity contribution in [2.24, 2.45) is 0 Å². The van der Waals surface area contributed by atoms with Crippen LogP contribution in [0, 0.1) is 0 Å². The van der Waals surface area contributed by atoms with E-state index in [9.17, 15) is 9.59 Å². The van der Waals surface area contributed by atoms with Crippen LogP contribution < -0.4 is 0 Å². The first-order valence-electron chi connectivity index (χ1n) is 4.88. The maximum Gasteiger partial charge on any atom is 0.330 e. The molecule has 5 heteroatoms. The van der Waals surface area contributed by atoms with Gasteiger partial charge in [-0.1, -0.05) is 23.2 Å². The van der Waals surface area contributed by atoms with Crippen LogP contribution in [0.25, 0.3) is 0 Å². The first-order valence-corrected chi connectivity index (χ1v) is 5.64. The molecule has 1 aromatic carbocycles. The molecule has 1 rings (SSSR count). The summed E-state index contributed by atoms with van der Waals surface area (Å²) in [5, 5.41) is 0.692. The molecule has 0 fully saturated rings. The minimum Gasteiger partial charge on any atom is -0.463 e. The second-order valence-corrected chi connectivity index (χ2v) is 3.92. The molecular formula is C12H10Cl2O3. The Kier molecular flexibility index (Phi) is 5.19. The Morgan fingerprint density at radius 2 is 2.00 bits per heavy atom. The Bertz CT molecular complexity index is 467. The molecule has 0 aliphatic rings. The first-order chi connectivity index (χ1) is 8.04. The highest BCUT2D eigenvalue weighted by molar-refractivity contribution is 6.37. The van der Waals surface area contributed by atoms with Crippen LogP contribution in [-0.4, -0.2) is 18.4 Å². The highest BCUT2D eigenvalue weighted by Crippen LogP contribution is 2.21. The zero-order valence-electron chi connectivity index (χ0n) is 9.07. The molecule has 3 nitrogen and oxygen atoms in total. The maximum absolute atomic E-state index is 11.7. The molecular weight excluding hydrogens is 263 g/mol. The molecule has 0 unspecified atom stereocenters. The second kappa shape index (κ2) is 6.42. The quantitative estimate of drug-likeness (QED) is 0.480. The van der Waals surface area contributed by atoms with Gasteiger partial charge in [0.2, 0.25) is 0 Å². The number of halogens is 2. The predicted molar refractivity (Wildman–Crippen MR) is 66.6 cm³/mol. The van der Waals surface area contributed by atoms with Crippen molar-refractivity contribution in [3.05, 3.63) is 46.0 Å². The fourth-order valence-electron chi connectivity index (χ4n) is 1.11. The van der Waals surface area contributed by atoms with Crippen molar-refractivity contribution >= 4 is 35.0 Å². The van der Waals surface area contributed by atoms with E-state index in [0.29, 0.717) is 5.02 Å². The third-order valence-corrected chi connectivity index (χ3v) is 2.40. The predicted octanol–water partition coefficient (Wildman–Crippen LogP) is 3.30. The Morgan fingerprint density at radius 3 is 2.59 bits per heavy atom. The third-order valence-electron chi connectivity index (χ3n) is 1.85. The Hall–Kier alpha value is -1.32. The van der Waals surface area contributed by atoms with E-state index in [2.05, 4.69) is 4.74 Å². The van der Waals surface area contributed by atoms with Gasteiger partial charge in [0.05, 0.1) is 11.6 Å². The zero-order valence-corrected chi connectivity index (χ0v) is 10.6. The van der Waals surface area contributed by atoms with E-state index in [-0.39, 0.29) is 23.0 Å². The standard InChI is InChI=1S/C12H10Cl2O3/c1-2-17-12(16)6-5-11(15)9-4-3-8(13)7-10(9)14/h3-7H,2H2,1H3/b6-5+. The lowest BCUT2D eigenvalue weighted by atomic mass is 10.1. The number of ether oxygens (including phenoxy) is 1. The van der Waals surface area contributed by atoms with Crippen molar-refractivity contribution in [2.45, 2.75) is 6.92 Å². The van der Waals surface area contributed by atoms with Gasteiger partial charge in [-0.05, 0) is 31.2 Å². The molecule has 17 heavy (non-hydrogen) atoms. The van der Waals surface area contributed by atoms with Crippen molar-refractivity contribution < 1.29 is 14.3 Å². The monoisotopic (exact) mass is 272 g/mol. The largest absolute Gasteiger partial charge is 0.463 e. The molecule has 0 saturated carbocycles. The van der Waals surface area contributed by atoms with Crippen LogP contribution in [-0.2, 0) is 9.53 Å². The van der Waals surface area contributed by atoms with Gasteiger partial charge in [-0.25, -0.2) is 4.79 Å². The molecule has 1 aromatic rings. The maximum atomic E-state index is 11.7. The molecule has 0 aliphatic heterocycles. The molecule has 0 atom stereocenters. The van der Waals surface area contributed by atoms with E-state index in [0.717, 1.165) is 12.2 Å². The first kappa shape index (κ1) is 13.7. The van der Waals surface area contributed by atoms with Gasteiger partial charge < -0.3 is 4.74 Å². The van der Waals surface area contributed by atoms with Crippen LogP contribution >= 0.6 is 23.2 Å². The summed E-state index contributed by atoms with van der Waals surface area (Å²) in [5.41, 5.74) is 0.289. The van der Waals surface area contributed by atoms with Crippen LogP contribution in [0.5, 0.6) is 0 Å². The third kappa shape index (κ3) is 4.21. The minimum absolute atomic E-state index is 0.246. The van der Waals surface area contributed by atoms with Crippen LogP contribution in [0.15, 0.2) is 30.4 Å². The number of carbonyl (C=O) groups excluding carboxylic acids is 2. The van der Waals surface area contributed by atoms with Gasteiger partial charge in [0, 0.05) is 16.7 Å². The summed E-state index contributed by atoms with van der Waals surface area (Å²) < 4.78 is 4.65. The number of hydrogen-bond acceptors (Lipinski definition) is 3. The van der Waals surface area contributed by atoms with E-state index in [1.807, 2.05) is 0 Å². The lowest BCUT2D eigenvalue weighted by Crippen LogP contribution is -2.02. The number of hydrogen-bond donors (Lipinski definition) is 0. The molecule has 0 heterocycles. The number of carbonyl (C=O) groups is 2. The number of allylic oxidation sites excluding steroid dienone is 1. The van der Waals surface area contributed by atoms with Gasteiger partial charge in [0.1, 0.15) is 0 Å². The molecule has 0 N–H and O–H groups in total. The number of esters is 1. The fraction of sp³-hybridized carbons (Fsp3) is 0.167. The van der Waals surface area contributed by atoms with E-state index in [4.69, 9.17) is 23.2 Å². The van der Waals surface area contributed by atoms with Crippen LogP contribution in [0.3, 0.4) is 0 Å². The SMILES string of the molecule is CCOC(=O)/C=C/C(=O)c1ccc(Cl)cc1Cl.